The van der Waals surface area contributed by atoms with Gasteiger partial charge in [-0.15, -0.1) is 0 Å². The van der Waals surface area contributed by atoms with E-state index in [1.165, 1.54) is 0 Å². The summed E-state index contributed by atoms with van der Waals surface area (Å²) in [5, 5.41) is 1.47. The van der Waals surface area contributed by atoms with Gasteiger partial charge in [0.1, 0.15) is 16.1 Å². The Bertz CT molecular complexity index is 569. The molecule has 0 radical (unpaired) electrons. The summed E-state index contributed by atoms with van der Waals surface area (Å²) in [7, 11) is 0. The lowest BCUT2D eigenvalue weighted by molar-refractivity contribution is 0.929. The second-order valence-corrected chi connectivity index (χ2v) is 5.47. The molecule has 1 heterocycles. The predicted molar refractivity (Wildman–Crippen MR) is 74.5 cm³/mol. The number of hydrogen-bond donors (Lipinski definition) is 0. The standard InChI is InChI=1S/C13H9Cl3N2/c14-9-5-3-7(4-6-9)10-11(15)17-13(8-1-2-8)18-12(10)16/h3-6,8H,1-2H2. The molecule has 92 valence electrons. The smallest absolute Gasteiger partial charge is 0.142 e. The molecule has 1 aliphatic carbocycles. The van der Waals surface area contributed by atoms with Gasteiger partial charge < -0.3 is 0 Å². The number of aromatic nitrogens is 2. The Morgan fingerprint density at radius 1 is 0.889 bits per heavy atom. The summed E-state index contributed by atoms with van der Waals surface area (Å²) in [6.07, 6.45) is 2.24. The minimum Gasteiger partial charge on any atom is -0.220 e. The second-order valence-electron chi connectivity index (χ2n) is 4.32. The number of benzene rings is 1. The highest BCUT2D eigenvalue weighted by Crippen LogP contribution is 2.41. The first-order valence-corrected chi connectivity index (χ1v) is 6.77. The van der Waals surface area contributed by atoms with Gasteiger partial charge in [0.2, 0.25) is 0 Å². The average Bonchev–Trinajstić information content (AvgIpc) is 3.14. The first-order valence-electron chi connectivity index (χ1n) is 5.64. The van der Waals surface area contributed by atoms with Crippen molar-refractivity contribution in [2.75, 3.05) is 0 Å². The third-order valence-electron chi connectivity index (χ3n) is 2.91. The van der Waals surface area contributed by atoms with Crippen LogP contribution in [0.5, 0.6) is 0 Å². The van der Waals surface area contributed by atoms with Gasteiger partial charge in [-0.25, -0.2) is 9.97 Å². The molecule has 1 fully saturated rings. The van der Waals surface area contributed by atoms with E-state index in [0.717, 1.165) is 24.2 Å². The molecule has 0 spiro atoms. The molecule has 0 saturated heterocycles. The molecule has 0 amide bonds. The number of hydrogen-bond acceptors (Lipinski definition) is 2. The molecular weight excluding hydrogens is 291 g/mol. The Morgan fingerprint density at radius 3 is 1.94 bits per heavy atom. The summed E-state index contributed by atoms with van der Waals surface area (Å²) >= 11 is 18.3. The van der Waals surface area contributed by atoms with Gasteiger partial charge in [-0.2, -0.15) is 0 Å². The van der Waals surface area contributed by atoms with Crippen molar-refractivity contribution in [3.8, 4) is 11.1 Å². The normalized spacial score (nSPS) is 14.8. The second kappa shape index (κ2) is 4.69. The molecule has 2 nitrogen and oxygen atoms in total. The Labute approximate surface area is 120 Å². The molecule has 0 unspecified atom stereocenters. The van der Waals surface area contributed by atoms with Crippen molar-refractivity contribution in [2.45, 2.75) is 18.8 Å². The van der Waals surface area contributed by atoms with E-state index in [1.807, 2.05) is 12.1 Å². The summed E-state index contributed by atoms with van der Waals surface area (Å²) in [6, 6.07) is 7.29. The van der Waals surface area contributed by atoms with Gasteiger partial charge >= 0.3 is 0 Å². The predicted octanol–water partition coefficient (Wildman–Crippen LogP) is 4.98. The van der Waals surface area contributed by atoms with Crippen molar-refractivity contribution in [3.63, 3.8) is 0 Å². The summed E-state index contributed by atoms with van der Waals surface area (Å²) in [5.41, 5.74) is 1.54. The van der Waals surface area contributed by atoms with Gasteiger partial charge in [-0.3, -0.25) is 0 Å². The summed E-state index contributed by atoms with van der Waals surface area (Å²) < 4.78 is 0. The Morgan fingerprint density at radius 2 is 1.44 bits per heavy atom. The summed E-state index contributed by atoms with van der Waals surface area (Å²) in [4.78, 5) is 8.66. The van der Waals surface area contributed by atoms with E-state index in [9.17, 15) is 0 Å². The molecule has 1 aromatic heterocycles. The zero-order valence-electron chi connectivity index (χ0n) is 9.33. The van der Waals surface area contributed by atoms with E-state index < -0.39 is 0 Å². The maximum Gasteiger partial charge on any atom is 0.142 e. The van der Waals surface area contributed by atoms with E-state index in [-0.39, 0.29) is 0 Å². The van der Waals surface area contributed by atoms with E-state index in [0.29, 0.717) is 26.8 Å². The molecule has 3 rings (SSSR count). The SMILES string of the molecule is Clc1ccc(-c2c(Cl)nc(C3CC3)nc2Cl)cc1. The van der Waals surface area contributed by atoms with Gasteiger partial charge in [0.15, 0.2) is 0 Å². The Kier molecular flexibility index (Phi) is 3.18. The molecular formula is C13H9Cl3N2. The molecule has 18 heavy (non-hydrogen) atoms. The quantitative estimate of drug-likeness (QED) is 0.731. The molecule has 1 aromatic carbocycles. The zero-order chi connectivity index (χ0) is 12.7. The monoisotopic (exact) mass is 298 g/mol. The molecule has 0 bridgehead atoms. The van der Waals surface area contributed by atoms with Crippen LogP contribution >= 0.6 is 34.8 Å². The van der Waals surface area contributed by atoms with Crippen LogP contribution in [-0.2, 0) is 0 Å². The van der Waals surface area contributed by atoms with Crippen LogP contribution < -0.4 is 0 Å². The minimum atomic E-state index is 0.402. The fourth-order valence-corrected chi connectivity index (χ4v) is 2.55. The van der Waals surface area contributed by atoms with E-state index >= 15 is 0 Å². The minimum absolute atomic E-state index is 0.402. The van der Waals surface area contributed by atoms with Crippen LogP contribution in [0.4, 0.5) is 0 Å². The van der Waals surface area contributed by atoms with Crippen molar-refractivity contribution in [3.05, 3.63) is 45.4 Å². The molecule has 0 aliphatic heterocycles. The molecule has 2 aromatic rings. The topological polar surface area (TPSA) is 25.8 Å². The van der Waals surface area contributed by atoms with Gasteiger partial charge in [-0.1, -0.05) is 46.9 Å². The van der Waals surface area contributed by atoms with E-state index in [4.69, 9.17) is 34.8 Å². The molecule has 1 aliphatic rings. The van der Waals surface area contributed by atoms with Crippen LogP contribution in [-0.4, -0.2) is 9.97 Å². The van der Waals surface area contributed by atoms with Gasteiger partial charge in [-0.05, 0) is 30.5 Å². The molecule has 5 heteroatoms. The average molecular weight is 300 g/mol. The highest BCUT2D eigenvalue weighted by molar-refractivity contribution is 6.37. The number of halogens is 3. The third kappa shape index (κ3) is 2.33. The largest absolute Gasteiger partial charge is 0.220 e. The van der Waals surface area contributed by atoms with Crippen molar-refractivity contribution in [1.29, 1.82) is 0 Å². The maximum atomic E-state index is 6.21. The fourth-order valence-electron chi connectivity index (χ4n) is 1.80. The first-order chi connectivity index (χ1) is 8.65. The van der Waals surface area contributed by atoms with Gasteiger partial charge in [0.05, 0.1) is 5.56 Å². The van der Waals surface area contributed by atoms with Gasteiger partial charge in [0, 0.05) is 10.9 Å². The Balaban J connectivity index is 2.08. The lowest BCUT2D eigenvalue weighted by Crippen LogP contribution is -1.96. The van der Waals surface area contributed by atoms with Crippen LogP contribution in [0, 0.1) is 0 Å². The van der Waals surface area contributed by atoms with Crippen LogP contribution in [0.1, 0.15) is 24.6 Å². The van der Waals surface area contributed by atoms with Crippen molar-refractivity contribution in [1.82, 2.24) is 9.97 Å². The van der Waals surface area contributed by atoms with E-state index in [2.05, 4.69) is 9.97 Å². The van der Waals surface area contributed by atoms with E-state index in [1.54, 1.807) is 12.1 Å². The van der Waals surface area contributed by atoms with Crippen molar-refractivity contribution in [2.24, 2.45) is 0 Å². The summed E-state index contributed by atoms with van der Waals surface area (Å²) in [5.74, 6) is 1.18. The van der Waals surface area contributed by atoms with Crippen LogP contribution in [0.25, 0.3) is 11.1 Å². The molecule has 0 atom stereocenters. The molecule has 0 N–H and O–H groups in total. The first kappa shape index (κ1) is 12.2. The summed E-state index contributed by atoms with van der Waals surface area (Å²) in [6.45, 7) is 0. The lowest BCUT2D eigenvalue weighted by atomic mass is 10.1. The highest BCUT2D eigenvalue weighted by atomic mass is 35.5. The Hall–Kier alpha value is -0.830. The van der Waals surface area contributed by atoms with Crippen molar-refractivity contribution >= 4 is 34.8 Å². The van der Waals surface area contributed by atoms with Crippen LogP contribution in [0.3, 0.4) is 0 Å². The fraction of sp³-hybridized carbons (Fsp3) is 0.231. The third-order valence-corrected chi connectivity index (χ3v) is 3.71. The molecule has 1 saturated carbocycles. The van der Waals surface area contributed by atoms with Crippen LogP contribution in [0.2, 0.25) is 15.3 Å². The number of nitrogens with zero attached hydrogens (tertiary/aromatic N) is 2. The zero-order valence-corrected chi connectivity index (χ0v) is 11.6. The van der Waals surface area contributed by atoms with Crippen LogP contribution in [0.15, 0.2) is 24.3 Å². The van der Waals surface area contributed by atoms with Crippen molar-refractivity contribution < 1.29 is 0 Å². The maximum absolute atomic E-state index is 6.21. The lowest BCUT2D eigenvalue weighted by Gasteiger charge is -2.08. The highest BCUT2D eigenvalue weighted by Gasteiger charge is 2.28. The number of rotatable bonds is 2. The van der Waals surface area contributed by atoms with Gasteiger partial charge in [0.25, 0.3) is 0 Å².